The zero-order chi connectivity index (χ0) is 8.43. The average Bonchev–Trinajstić information content (AvgIpc) is 2.28. The zero-order valence-corrected chi connectivity index (χ0v) is 7.18. The molecule has 0 saturated carbocycles. The van der Waals surface area contributed by atoms with Crippen LogP contribution in [0.25, 0.3) is 0 Å². The van der Waals surface area contributed by atoms with Crippen LogP contribution in [0.4, 0.5) is 0 Å². The molecule has 0 radical (unpaired) electrons. The minimum atomic E-state index is 0.421. The van der Waals surface area contributed by atoms with E-state index >= 15 is 0 Å². The Balaban J connectivity index is 3.29. The van der Waals surface area contributed by atoms with Gasteiger partial charge in [0.25, 0.3) is 0 Å². The summed E-state index contributed by atoms with van der Waals surface area (Å²) in [6, 6.07) is 2.02. The Morgan fingerprint density at radius 2 is 2.36 bits per heavy atom. The molecule has 0 aromatic carbocycles. The number of hydrogen-bond acceptors (Lipinski definition) is 2. The minimum absolute atomic E-state index is 0.421. The number of aryl methyl sites for hydroxylation is 2. The molecule has 0 aliphatic rings. The number of aromatic nitrogens is 2. The summed E-state index contributed by atoms with van der Waals surface area (Å²) in [5.41, 5.74) is 1.26. The van der Waals surface area contributed by atoms with E-state index in [4.69, 9.17) is 16.9 Å². The van der Waals surface area contributed by atoms with Crippen LogP contribution in [0.5, 0.6) is 0 Å². The van der Waals surface area contributed by atoms with E-state index < -0.39 is 0 Å². The molecule has 0 aliphatic heterocycles. The molecule has 0 bridgehead atoms. The van der Waals surface area contributed by atoms with Crippen LogP contribution in [0.2, 0.25) is 5.15 Å². The lowest BCUT2D eigenvalue weighted by molar-refractivity contribution is 0.747. The van der Waals surface area contributed by atoms with Gasteiger partial charge >= 0.3 is 0 Å². The fourth-order valence-corrected chi connectivity index (χ4v) is 1.10. The standard InChI is InChI=1S/C7H8ClN3/c1-3-6-5(4-9)7(8)11(2)10-6/h3H2,1-2H3. The Bertz CT molecular complexity index is 308. The molecule has 1 aromatic rings. The predicted octanol–water partition coefficient (Wildman–Crippen LogP) is 1.51. The van der Waals surface area contributed by atoms with Crippen LogP contribution >= 0.6 is 11.6 Å². The van der Waals surface area contributed by atoms with Gasteiger partial charge < -0.3 is 0 Å². The van der Waals surface area contributed by atoms with Crippen LogP contribution in [0.15, 0.2) is 0 Å². The van der Waals surface area contributed by atoms with Gasteiger partial charge in [-0.1, -0.05) is 18.5 Å². The fourth-order valence-electron chi connectivity index (χ4n) is 0.914. The van der Waals surface area contributed by atoms with Crippen LogP contribution in [0.1, 0.15) is 18.2 Å². The third-order valence-corrected chi connectivity index (χ3v) is 1.93. The van der Waals surface area contributed by atoms with E-state index in [1.54, 1.807) is 7.05 Å². The van der Waals surface area contributed by atoms with Gasteiger partial charge in [-0.25, -0.2) is 0 Å². The predicted molar refractivity (Wildman–Crippen MR) is 42.3 cm³/mol. The molecular weight excluding hydrogens is 162 g/mol. The van der Waals surface area contributed by atoms with Crippen LogP contribution in [-0.2, 0) is 13.5 Å². The van der Waals surface area contributed by atoms with Crippen molar-refractivity contribution in [2.45, 2.75) is 13.3 Å². The Kier molecular flexibility index (Phi) is 2.16. The van der Waals surface area contributed by atoms with E-state index in [-0.39, 0.29) is 0 Å². The summed E-state index contributed by atoms with van der Waals surface area (Å²) in [4.78, 5) is 0. The molecule has 0 amide bonds. The molecule has 1 aromatic heterocycles. The highest BCUT2D eigenvalue weighted by Gasteiger charge is 2.11. The molecule has 0 saturated heterocycles. The van der Waals surface area contributed by atoms with Gasteiger partial charge in [0.1, 0.15) is 16.8 Å². The topological polar surface area (TPSA) is 41.6 Å². The monoisotopic (exact) mass is 169 g/mol. The Hall–Kier alpha value is -1.01. The van der Waals surface area contributed by atoms with Crippen LogP contribution < -0.4 is 0 Å². The molecule has 0 aliphatic carbocycles. The normalized spacial score (nSPS) is 9.64. The maximum atomic E-state index is 8.66. The van der Waals surface area contributed by atoms with Gasteiger partial charge in [0, 0.05) is 7.05 Å². The van der Waals surface area contributed by atoms with E-state index in [1.165, 1.54) is 4.68 Å². The smallest absolute Gasteiger partial charge is 0.144 e. The number of hydrogen-bond donors (Lipinski definition) is 0. The van der Waals surface area contributed by atoms with Crippen LogP contribution in [0.3, 0.4) is 0 Å². The highest BCUT2D eigenvalue weighted by Crippen LogP contribution is 2.17. The van der Waals surface area contributed by atoms with E-state index in [2.05, 4.69) is 5.10 Å². The van der Waals surface area contributed by atoms with Gasteiger partial charge in [-0.2, -0.15) is 10.4 Å². The second-order valence-electron chi connectivity index (χ2n) is 2.20. The Morgan fingerprint density at radius 3 is 2.73 bits per heavy atom. The van der Waals surface area contributed by atoms with Gasteiger partial charge in [0.15, 0.2) is 0 Å². The van der Waals surface area contributed by atoms with E-state index in [9.17, 15) is 0 Å². The summed E-state index contributed by atoms with van der Waals surface area (Å²) >= 11 is 5.77. The highest BCUT2D eigenvalue weighted by molar-refractivity contribution is 6.30. The third kappa shape index (κ3) is 1.22. The van der Waals surface area contributed by atoms with Crippen molar-refractivity contribution in [3.05, 3.63) is 16.4 Å². The first kappa shape index (κ1) is 8.09. The van der Waals surface area contributed by atoms with E-state index in [0.29, 0.717) is 10.7 Å². The molecule has 4 heteroatoms. The Labute approximate surface area is 70.2 Å². The van der Waals surface area contributed by atoms with Gasteiger partial charge in [-0.05, 0) is 6.42 Å². The molecule has 3 nitrogen and oxygen atoms in total. The van der Waals surface area contributed by atoms with Crippen molar-refractivity contribution >= 4 is 11.6 Å². The largest absolute Gasteiger partial charge is 0.255 e. The molecule has 0 N–H and O–H groups in total. The number of rotatable bonds is 1. The molecular formula is C7H8ClN3. The summed E-state index contributed by atoms with van der Waals surface area (Å²) in [7, 11) is 1.72. The quantitative estimate of drug-likeness (QED) is 0.640. The third-order valence-electron chi connectivity index (χ3n) is 1.50. The Morgan fingerprint density at radius 1 is 1.73 bits per heavy atom. The van der Waals surface area contributed by atoms with Crippen molar-refractivity contribution in [1.82, 2.24) is 9.78 Å². The van der Waals surface area contributed by atoms with Crippen molar-refractivity contribution in [2.75, 3.05) is 0 Å². The van der Waals surface area contributed by atoms with Crippen molar-refractivity contribution in [2.24, 2.45) is 7.05 Å². The molecule has 1 heterocycles. The maximum absolute atomic E-state index is 8.66. The van der Waals surface area contributed by atoms with E-state index in [0.717, 1.165) is 12.1 Å². The van der Waals surface area contributed by atoms with Crippen molar-refractivity contribution in [3.8, 4) is 6.07 Å². The van der Waals surface area contributed by atoms with Crippen LogP contribution in [0, 0.1) is 11.3 Å². The number of nitriles is 1. The lowest BCUT2D eigenvalue weighted by atomic mass is 10.2. The van der Waals surface area contributed by atoms with Crippen molar-refractivity contribution in [1.29, 1.82) is 5.26 Å². The second-order valence-corrected chi connectivity index (χ2v) is 2.56. The number of halogens is 1. The zero-order valence-electron chi connectivity index (χ0n) is 6.43. The summed E-state index contributed by atoms with van der Waals surface area (Å²) in [5.74, 6) is 0. The minimum Gasteiger partial charge on any atom is -0.255 e. The average molecular weight is 170 g/mol. The highest BCUT2D eigenvalue weighted by atomic mass is 35.5. The first-order chi connectivity index (χ1) is 5.20. The molecule has 0 fully saturated rings. The molecule has 11 heavy (non-hydrogen) atoms. The molecule has 0 atom stereocenters. The van der Waals surface area contributed by atoms with Gasteiger partial charge in [0.2, 0.25) is 0 Å². The van der Waals surface area contributed by atoms with E-state index in [1.807, 2.05) is 13.0 Å². The van der Waals surface area contributed by atoms with Crippen molar-refractivity contribution < 1.29 is 0 Å². The summed E-state index contributed by atoms with van der Waals surface area (Å²) < 4.78 is 1.51. The lowest BCUT2D eigenvalue weighted by Crippen LogP contribution is -1.90. The SMILES string of the molecule is CCc1nn(C)c(Cl)c1C#N. The second kappa shape index (κ2) is 2.93. The molecule has 0 unspecified atom stereocenters. The fraction of sp³-hybridized carbons (Fsp3) is 0.429. The first-order valence-electron chi connectivity index (χ1n) is 3.32. The van der Waals surface area contributed by atoms with Gasteiger partial charge in [0.05, 0.1) is 5.69 Å². The summed E-state index contributed by atoms with van der Waals surface area (Å²) in [6.07, 6.45) is 0.740. The molecule has 58 valence electrons. The summed E-state index contributed by atoms with van der Waals surface area (Å²) in [5, 5.41) is 13.1. The van der Waals surface area contributed by atoms with Crippen molar-refractivity contribution in [3.63, 3.8) is 0 Å². The number of nitrogens with zero attached hydrogens (tertiary/aromatic N) is 3. The van der Waals surface area contributed by atoms with Crippen LogP contribution in [-0.4, -0.2) is 9.78 Å². The maximum Gasteiger partial charge on any atom is 0.144 e. The molecule has 1 rings (SSSR count). The summed E-state index contributed by atoms with van der Waals surface area (Å²) in [6.45, 7) is 1.94. The lowest BCUT2D eigenvalue weighted by Gasteiger charge is -1.86. The molecule has 0 spiro atoms. The first-order valence-corrected chi connectivity index (χ1v) is 3.70. The van der Waals surface area contributed by atoms with Gasteiger partial charge in [-0.3, -0.25) is 4.68 Å². The van der Waals surface area contributed by atoms with Gasteiger partial charge in [-0.15, -0.1) is 0 Å².